The summed E-state index contributed by atoms with van der Waals surface area (Å²) in [5.74, 6) is 0.166. The van der Waals surface area contributed by atoms with E-state index in [0.29, 0.717) is 12.5 Å². The predicted octanol–water partition coefficient (Wildman–Crippen LogP) is 1.41. The van der Waals surface area contributed by atoms with Crippen LogP contribution in [0.15, 0.2) is 24.3 Å². The summed E-state index contributed by atoms with van der Waals surface area (Å²) in [4.78, 5) is 11.7. The molecule has 0 bridgehead atoms. The summed E-state index contributed by atoms with van der Waals surface area (Å²) in [7, 11) is 0. The molecule has 1 aliphatic rings. The molecule has 3 heteroatoms. The van der Waals surface area contributed by atoms with Gasteiger partial charge < -0.3 is 10.6 Å². The molecule has 1 aromatic rings. The van der Waals surface area contributed by atoms with Crippen LogP contribution in [0.4, 0.5) is 0 Å². The molecule has 0 unspecified atom stereocenters. The van der Waals surface area contributed by atoms with Crippen molar-refractivity contribution in [1.82, 2.24) is 10.6 Å². The highest BCUT2D eigenvalue weighted by Gasteiger charge is 2.16. The lowest BCUT2D eigenvalue weighted by atomic mass is 10.1. The van der Waals surface area contributed by atoms with E-state index in [1.165, 1.54) is 11.1 Å². The molecule has 1 atom stereocenters. The van der Waals surface area contributed by atoms with Gasteiger partial charge in [0.1, 0.15) is 0 Å². The van der Waals surface area contributed by atoms with E-state index in [0.717, 1.165) is 25.9 Å². The molecular weight excluding hydrogens is 212 g/mol. The zero-order valence-electron chi connectivity index (χ0n) is 10.3. The first-order chi connectivity index (χ1) is 8.24. The molecule has 0 spiro atoms. The molecular formula is C14H20N2O. The van der Waals surface area contributed by atoms with Crippen molar-refractivity contribution in [2.75, 3.05) is 13.1 Å². The Morgan fingerprint density at radius 1 is 1.41 bits per heavy atom. The third-order valence-electron chi connectivity index (χ3n) is 3.19. The first-order valence-corrected chi connectivity index (χ1v) is 6.29. The summed E-state index contributed by atoms with van der Waals surface area (Å²) >= 11 is 0. The molecule has 1 aromatic carbocycles. The van der Waals surface area contributed by atoms with Gasteiger partial charge in [-0.05, 0) is 31.9 Å². The Morgan fingerprint density at radius 3 is 2.82 bits per heavy atom. The van der Waals surface area contributed by atoms with Gasteiger partial charge in [0.05, 0.1) is 0 Å². The number of amides is 1. The van der Waals surface area contributed by atoms with Crippen molar-refractivity contribution in [3.05, 3.63) is 35.4 Å². The number of hydrogen-bond acceptors (Lipinski definition) is 2. The van der Waals surface area contributed by atoms with Crippen molar-refractivity contribution in [2.45, 2.75) is 32.2 Å². The molecule has 0 saturated carbocycles. The topological polar surface area (TPSA) is 41.1 Å². The van der Waals surface area contributed by atoms with Crippen molar-refractivity contribution in [3.63, 3.8) is 0 Å². The molecule has 1 amide bonds. The van der Waals surface area contributed by atoms with Crippen molar-refractivity contribution in [3.8, 4) is 0 Å². The average molecular weight is 232 g/mol. The Labute approximate surface area is 103 Å². The molecule has 3 nitrogen and oxygen atoms in total. The lowest BCUT2D eigenvalue weighted by Crippen LogP contribution is -2.36. The van der Waals surface area contributed by atoms with Crippen LogP contribution >= 0.6 is 0 Å². The molecule has 2 N–H and O–H groups in total. The van der Waals surface area contributed by atoms with E-state index >= 15 is 0 Å². The van der Waals surface area contributed by atoms with Gasteiger partial charge in [0, 0.05) is 19.0 Å². The predicted molar refractivity (Wildman–Crippen MR) is 68.9 cm³/mol. The second kappa shape index (κ2) is 5.82. The minimum Gasteiger partial charge on any atom is -0.352 e. The van der Waals surface area contributed by atoms with Gasteiger partial charge in [-0.1, -0.05) is 29.8 Å². The van der Waals surface area contributed by atoms with E-state index in [1.807, 2.05) is 0 Å². The van der Waals surface area contributed by atoms with Crippen LogP contribution in [0.25, 0.3) is 0 Å². The highest BCUT2D eigenvalue weighted by molar-refractivity contribution is 5.76. The SMILES string of the molecule is Cc1ccc(CCC(=O)N[C@@H]2CCNC2)cc1. The van der Waals surface area contributed by atoms with Crippen LogP contribution < -0.4 is 10.6 Å². The van der Waals surface area contributed by atoms with Crippen LogP contribution in [0.5, 0.6) is 0 Å². The summed E-state index contributed by atoms with van der Waals surface area (Å²) in [5.41, 5.74) is 2.49. The lowest BCUT2D eigenvalue weighted by molar-refractivity contribution is -0.121. The molecule has 0 radical (unpaired) electrons. The van der Waals surface area contributed by atoms with Gasteiger partial charge in [-0.2, -0.15) is 0 Å². The summed E-state index contributed by atoms with van der Waals surface area (Å²) in [6.07, 6.45) is 2.46. The van der Waals surface area contributed by atoms with Crippen LogP contribution in [0.1, 0.15) is 24.0 Å². The molecule has 1 aliphatic heterocycles. The molecule has 2 rings (SSSR count). The zero-order valence-corrected chi connectivity index (χ0v) is 10.3. The molecule has 1 heterocycles. The fourth-order valence-corrected chi connectivity index (χ4v) is 2.09. The van der Waals surface area contributed by atoms with E-state index in [4.69, 9.17) is 0 Å². The summed E-state index contributed by atoms with van der Waals surface area (Å²) < 4.78 is 0. The van der Waals surface area contributed by atoms with Crippen molar-refractivity contribution >= 4 is 5.91 Å². The lowest BCUT2D eigenvalue weighted by Gasteiger charge is -2.11. The van der Waals surface area contributed by atoms with Gasteiger partial charge in [-0.25, -0.2) is 0 Å². The normalized spacial score (nSPS) is 19.2. The second-order valence-electron chi connectivity index (χ2n) is 4.74. The number of rotatable bonds is 4. The Bertz CT molecular complexity index is 366. The second-order valence-corrected chi connectivity index (χ2v) is 4.74. The van der Waals surface area contributed by atoms with Crippen LogP contribution in [0, 0.1) is 6.92 Å². The molecule has 1 fully saturated rings. The van der Waals surface area contributed by atoms with Crippen LogP contribution in [-0.4, -0.2) is 25.0 Å². The number of benzene rings is 1. The summed E-state index contributed by atoms with van der Waals surface area (Å²) in [6, 6.07) is 8.71. The molecule has 0 aliphatic carbocycles. The minimum absolute atomic E-state index is 0.166. The third-order valence-corrected chi connectivity index (χ3v) is 3.19. The Hall–Kier alpha value is -1.35. The Balaban J connectivity index is 1.73. The van der Waals surface area contributed by atoms with Gasteiger partial charge in [-0.15, -0.1) is 0 Å². The fourth-order valence-electron chi connectivity index (χ4n) is 2.09. The van der Waals surface area contributed by atoms with E-state index in [2.05, 4.69) is 41.8 Å². The van der Waals surface area contributed by atoms with E-state index < -0.39 is 0 Å². The Kier molecular flexibility index (Phi) is 4.15. The van der Waals surface area contributed by atoms with Gasteiger partial charge in [0.25, 0.3) is 0 Å². The summed E-state index contributed by atoms with van der Waals surface area (Å²) in [6.45, 7) is 4.00. The maximum Gasteiger partial charge on any atom is 0.220 e. The van der Waals surface area contributed by atoms with Gasteiger partial charge in [-0.3, -0.25) is 4.79 Å². The first kappa shape index (κ1) is 12.1. The van der Waals surface area contributed by atoms with Crippen LogP contribution in [-0.2, 0) is 11.2 Å². The Morgan fingerprint density at radius 2 is 2.18 bits per heavy atom. The quantitative estimate of drug-likeness (QED) is 0.824. The largest absolute Gasteiger partial charge is 0.352 e. The first-order valence-electron chi connectivity index (χ1n) is 6.29. The smallest absolute Gasteiger partial charge is 0.220 e. The van der Waals surface area contributed by atoms with Gasteiger partial charge in [0.15, 0.2) is 0 Å². The monoisotopic (exact) mass is 232 g/mol. The number of nitrogens with one attached hydrogen (secondary N) is 2. The maximum absolute atomic E-state index is 11.7. The standard InChI is InChI=1S/C14H20N2O/c1-11-2-4-12(5-3-11)6-7-14(17)16-13-8-9-15-10-13/h2-5,13,15H,6-10H2,1H3,(H,16,17)/t13-/m1/s1. The molecule has 92 valence electrons. The number of hydrogen-bond donors (Lipinski definition) is 2. The molecule has 0 aromatic heterocycles. The molecule has 17 heavy (non-hydrogen) atoms. The van der Waals surface area contributed by atoms with E-state index in [1.54, 1.807) is 0 Å². The van der Waals surface area contributed by atoms with Crippen molar-refractivity contribution < 1.29 is 4.79 Å². The fraction of sp³-hybridized carbons (Fsp3) is 0.500. The third kappa shape index (κ3) is 3.86. The van der Waals surface area contributed by atoms with Crippen molar-refractivity contribution in [2.24, 2.45) is 0 Å². The van der Waals surface area contributed by atoms with E-state index in [-0.39, 0.29) is 5.91 Å². The number of aryl methyl sites for hydroxylation is 2. The van der Waals surface area contributed by atoms with Gasteiger partial charge in [0.2, 0.25) is 5.91 Å². The molecule has 1 saturated heterocycles. The van der Waals surface area contributed by atoms with Gasteiger partial charge >= 0.3 is 0 Å². The average Bonchev–Trinajstić information content (AvgIpc) is 2.81. The van der Waals surface area contributed by atoms with Crippen LogP contribution in [0.3, 0.4) is 0 Å². The van der Waals surface area contributed by atoms with Crippen molar-refractivity contribution in [1.29, 1.82) is 0 Å². The minimum atomic E-state index is 0.166. The number of carbonyl (C=O) groups is 1. The highest BCUT2D eigenvalue weighted by atomic mass is 16.1. The zero-order chi connectivity index (χ0) is 12.1. The highest BCUT2D eigenvalue weighted by Crippen LogP contribution is 2.06. The van der Waals surface area contributed by atoms with E-state index in [9.17, 15) is 4.79 Å². The summed E-state index contributed by atoms with van der Waals surface area (Å²) in [5, 5.41) is 6.30. The van der Waals surface area contributed by atoms with Crippen LogP contribution in [0.2, 0.25) is 0 Å². The maximum atomic E-state index is 11.7. The number of carbonyl (C=O) groups excluding carboxylic acids is 1.